The molecule has 0 fully saturated rings. The minimum atomic E-state index is -7.24. The molecule has 13 heteroatoms. The van der Waals surface area contributed by atoms with Gasteiger partial charge in [0.05, 0.1) is 0 Å². The molecule has 0 heterocycles. The van der Waals surface area contributed by atoms with Gasteiger partial charge in [0.15, 0.2) is 0 Å². The second kappa shape index (κ2) is 6.33. The Kier molecular flexibility index (Phi) is 5.31. The first-order valence-electron chi connectivity index (χ1n) is 5.85. The van der Waals surface area contributed by atoms with Crippen molar-refractivity contribution in [1.29, 1.82) is 0 Å². The van der Waals surface area contributed by atoms with Crippen LogP contribution in [0.15, 0.2) is 24.3 Å². The number of benzene rings is 1. The Balaban J connectivity index is 3.31. The molecular formula is C12H5F11O2. The van der Waals surface area contributed by atoms with Gasteiger partial charge >= 0.3 is 30.6 Å². The lowest BCUT2D eigenvalue weighted by Gasteiger charge is -2.32. The fraction of sp³-hybridized carbons (Fsp3) is 0.417. The Morgan fingerprint density at radius 3 is 1.84 bits per heavy atom. The summed E-state index contributed by atoms with van der Waals surface area (Å²) in [5.74, 6) is -25.0. The van der Waals surface area contributed by atoms with E-state index in [4.69, 9.17) is 0 Å². The maximum atomic E-state index is 13.4. The predicted octanol–water partition coefficient (Wildman–Crippen LogP) is 4.94. The summed E-state index contributed by atoms with van der Waals surface area (Å²) in [6, 6.07) is 1.63. The first-order chi connectivity index (χ1) is 11.1. The number of ether oxygens (including phenoxy) is 1. The highest BCUT2D eigenvalue weighted by molar-refractivity contribution is 6.02. The summed E-state index contributed by atoms with van der Waals surface area (Å²) < 4.78 is 142. The molecule has 25 heavy (non-hydrogen) atoms. The lowest BCUT2D eigenvalue weighted by Crippen LogP contribution is -2.63. The minimum absolute atomic E-state index is 0.0597. The molecule has 0 amide bonds. The molecular weight excluding hydrogens is 385 g/mol. The van der Waals surface area contributed by atoms with Crippen LogP contribution in [-0.4, -0.2) is 36.3 Å². The molecule has 0 aliphatic carbocycles. The highest BCUT2D eigenvalue weighted by Gasteiger charge is 2.83. The number of carbonyl (C=O) groups excluding carboxylic acids is 1. The smallest absolute Gasteiger partial charge is 0.435 e. The average Bonchev–Trinajstić information content (AvgIpc) is 2.44. The third kappa shape index (κ3) is 3.63. The van der Waals surface area contributed by atoms with Gasteiger partial charge < -0.3 is 4.74 Å². The van der Waals surface area contributed by atoms with Crippen molar-refractivity contribution in [2.45, 2.75) is 30.6 Å². The Morgan fingerprint density at radius 2 is 1.40 bits per heavy atom. The average molecular weight is 390 g/mol. The van der Waals surface area contributed by atoms with Crippen LogP contribution in [0, 0.1) is 0 Å². The molecule has 0 aliphatic heterocycles. The summed E-state index contributed by atoms with van der Waals surface area (Å²) in [4.78, 5) is 11.4. The topological polar surface area (TPSA) is 26.3 Å². The zero-order valence-electron chi connectivity index (χ0n) is 11.4. The number of carbonyl (C=O) groups is 1. The number of rotatable bonds is 6. The van der Waals surface area contributed by atoms with E-state index in [2.05, 4.69) is 4.74 Å². The lowest BCUT2D eigenvalue weighted by molar-refractivity contribution is -0.386. The van der Waals surface area contributed by atoms with Gasteiger partial charge in [0.25, 0.3) is 0 Å². The molecule has 1 rings (SSSR count). The molecule has 0 aromatic heterocycles. The summed E-state index contributed by atoms with van der Waals surface area (Å²) in [5, 5.41) is 0. The van der Waals surface area contributed by atoms with Gasteiger partial charge in [-0.1, -0.05) is 12.1 Å². The van der Waals surface area contributed by atoms with Crippen molar-refractivity contribution in [1.82, 2.24) is 0 Å². The number of alkyl halides is 11. The Bertz CT molecular complexity index is 636. The summed E-state index contributed by atoms with van der Waals surface area (Å²) in [6.07, 6.45) is -7.08. The number of Topliss-reactive ketones (excluding diaryl/α,β-unsaturated/α-hetero) is 1. The zero-order valence-corrected chi connectivity index (χ0v) is 11.4. The lowest BCUT2D eigenvalue weighted by atomic mass is 9.95. The Labute approximate surface area is 131 Å². The summed E-state index contributed by atoms with van der Waals surface area (Å²) in [7, 11) is 0. The molecule has 0 saturated heterocycles. The number of ketones is 1. The highest BCUT2D eigenvalue weighted by Crippen LogP contribution is 2.53. The van der Waals surface area contributed by atoms with Crippen molar-refractivity contribution in [2.75, 3.05) is 0 Å². The Hall–Kier alpha value is -2.08. The number of hydrogen-bond donors (Lipinski definition) is 0. The van der Waals surface area contributed by atoms with Crippen LogP contribution in [0.5, 0.6) is 5.75 Å². The van der Waals surface area contributed by atoms with Crippen LogP contribution in [0.25, 0.3) is 0 Å². The van der Waals surface area contributed by atoms with Crippen molar-refractivity contribution in [2.24, 2.45) is 0 Å². The standard InChI is InChI=1S/C12H5F11O2/c13-8(14)25-6-3-1-2-5(4-6)7(24)9(15,16)10(17,18)11(19,20)12(21,22)23/h1-4,8H. The largest absolute Gasteiger partial charge is 0.460 e. The monoisotopic (exact) mass is 390 g/mol. The maximum Gasteiger partial charge on any atom is 0.460 e. The highest BCUT2D eigenvalue weighted by atomic mass is 19.4. The van der Waals surface area contributed by atoms with Crippen LogP contribution >= 0.6 is 0 Å². The van der Waals surface area contributed by atoms with Gasteiger partial charge in [0.2, 0.25) is 5.78 Å². The molecule has 0 atom stereocenters. The van der Waals surface area contributed by atoms with E-state index in [1.807, 2.05) is 0 Å². The van der Waals surface area contributed by atoms with Crippen molar-refractivity contribution >= 4 is 5.78 Å². The van der Waals surface area contributed by atoms with Crippen LogP contribution in [0.1, 0.15) is 10.4 Å². The molecule has 0 aliphatic rings. The molecule has 2 nitrogen and oxygen atoms in total. The van der Waals surface area contributed by atoms with Gasteiger partial charge in [-0.15, -0.1) is 0 Å². The molecule has 0 saturated carbocycles. The van der Waals surface area contributed by atoms with Crippen LogP contribution < -0.4 is 4.74 Å². The van der Waals surface area contributed by atoms with Crippen molar-refractivity contribution in [3.8, 4) is 5.75 Å². The third-order valence-corrected chi connectivity index (χ3v) is 2.75. The molecule has 1 aromatic carbocycles. The fourth-order valence-electron chi connectivity index (χ4n) is 1.51. The van der Waals surface area contributed by atoms with E-state index >= 15 is 0 Å². The van der Waals surface area contributed by atoms with Gasteiger partial charge in [-0.25, -0.2) is 0 Å². The van der Waals surface area contributed by atoms with E-state index in [0.29, 0.717) is 18.2 Å². The molecule has 142 valence electrons. The SMILES string of the molecule is O=C(c1cccc(OC(F)F)c1)C(F)(F)C(F)(F)C(F)(F)C(F)(F)F. The van der Waals surface area contributed by atoms with Gasteiger partial charge in [0, 0.05) is 5.56 Å². The molecule has 0 spiro atoms. The first kappa shape index (κ1) is 21.0. The van der Waals surface area contributed by atoms with E-state index in [-0.39, 0.29) is 6.07 Å². The van der Waals surface area contributed by atoms with Crippen LogP contribution in [0.4, 0.5) is 48.3 Å². The van der Waals surface area contributed by atoms with Crippen LogP contribution in [-0.2, 0) is 0 Å². The summed E-state index contributed by atoms with van der Waals surface area (Å²) in [6.45, 7) is -3.51. The van der Waals surface area contributed by atoms with E-state index in [1.54, 1.807) is 0 Å². The third-order valence-electron chi connectivity index (χ3n) is 2.75. The quantitative estimate of drug-likeness (QED) is 0.508. The summed E-state index contributed by atoms with van der Waals surface area (Å²) >= 11 is 0. The molecule has 0 bridgehead atoms. The number of halogens is 11. The molecule has 0 N–H and O–H groups in total. The molecule has 1 aromatic rings. The van der Waals surface area contributed by atoms with Crippen molar-refractivity contribution < 1.29 is 57.8 Å². The van der Waals surface area contributed by atoms with Gasteiger partial charge in [-0.2, -0.15) is 48.3 Å². The minimum Gasteiger partial charge on any atom is -0.435 e. The van der Waals surface area contributed by atoms with E-state index in [9.17, 15) is 53.1 Å². The van der Waals surface area contributed by atoms with Crippen molar-refractivity contribution in [3.05, 3.63) is 29.8 Å². The van der Waals surface area contributed by atoms with E-state index < -0.39 is 47.7 Å². The Morgan fingerprint density at radius 1 is 0.880 bits per heavy atom. The summed E-state index contributed by atoms with van der Waals surface area (Å²) in [5.41, 5.74) is -1.54. The van der Waals surface area contributed by atoms with Gasteiger partial charge in [-0.3, -0.25) is 4.79 Å². The molecule has 0 radical (unpaired) electrons. The van der Waals surface area contributed by atoms with Crippen molar-refractivity contribution in [3.63, 3.8) is 0 Å². The molecule has 0 unspecified atom stereocenters. The normalized spacial score (nSPS) is 13.9. The van der Waals surface area contributed by atoms with Gasteiger partial charge in [-0.05, 0) is 12.1 Å². The van der Waals surface area contributed by atoms with Crippen LogP contribution in [0.2, 0.25) is 0 Å². The maximum absolute atomic E-state index is 13.4. The predicted molar refractivity (Wildman–Crippen MR) is 58.3 cm³/mol. The van der Waals surface area contributed by atoms with Gasteiger partial charge in [0.1, 0.15) is 5.75 Å². The zero-order chi connectivity index (χ0) is 19.8. The number of hydrogen-bond acceptors (Lipinski definition) is 2. The second-order valence-corrected chi connectivity index (χ2v) is 4.46. The second-order valence-electron chi connectivity index (χ2n) is 4.46. The van der Waals surface area contributed by atoms with Crippen LogP contribution in [0.3, 0.4) is 0 Å². The first-order valence-corrected chi connectivity index (χ1v) is 5.85. The van der Waals surface area contributed by atoms with E-state index in [1.165, 1.54) is 0 Å². The fourth-order valence-corrected chi connectivity index (χ4v) is 1.51. The van der Waals surface area contributed by atoms with E-state index in [0.717, 1.165) is 0 Å².